The Kier molecular flexibility index (Phi) is 7.70. The highest BCUT2D eigenvalue weighted by atomic mass is 19.3. The van der Waals surface area contributed by atoms with Gasteiger partial charge in [-0.05, 0) is 56.2 Å². The predicted molar refractivity (Wildman–Crippen MR) is 116 cm³/mol. The van der Waals surface area contributed by atoms with Crippen LogP contribution in [0.1, 0.15) is 28.5 Å². The van der Waals surface area contributed by atoms with Crippen molar-refractivity contribution >= 4 is 22.9 Å². The molecule has 2 aromatic carbocycles. The number of benzene rings is 2. The molecule has 0 unspecified atom stereocenters. The lowest BCUT2D eigenvalue weighted by Crippen LogP contribution is -2.30. The van der Waals surface area contributed by atoms with E-state index in [1.165, 1.54) is 24.3 Å². The van der Waals surface area contributed by atoms with Crippen molar-refractivity contribution in [2.45, 2.75) is 33.4 Å². The Balaban J connectivity index is 1.51. The molecule has 1 amide bonds. The van der Waals surface area contributed by atoms with E-state index in [0.29, 0.717) is 29.7 Å². The summed E-state index contributed by atoms with van der Waals surface area (Å²) in [6.07, 6.45) is 0.462. The van der Waals surface area contributed by atoms with Crippen molar-refractivity contribution in [2.24, 2.45) is 0 Å². The van der Waals surface area contributed by atoms with E-state index < -0.39 is 25.1 Å². The molecular weight excluding hydrogens is 436 g/mol. The van der Waals surface area contributed by atoms with E-state index >= 15 is 0 Å². The Bertz CT molecular complexity index is 1210. The zero-order valence-electron chi connectivity index (χ0n) is 18.1. The van der Waals surface area contributed by atoms with Gasteiger partial charge in [-0.1, -0.05) is 12.1 Å². The van der Waals surface area contributed by atoms with Crippen LogP contribution in [-0.2, 0) is 22.5 Å². The van der Waals surface area contributed by atoms with E-state index in [4.69, 9.17) is 4.74 Å². The molecule has 1 aromatic heterocycles. The molecule has 0 saturated heterocycles. The maximum Gasteiger partial charge on any atom is 0.387 e. The zero-order chi connectivity index (χ0) is 24.0. The fourth-order valence-electron chi connectivity index (χ4n) is 3.26. The molecule has 3 rings (SSSR count). The molecule has 0 bridgehead atoms. The van der Waals surface area contributed by atoms with Crippen LogP contribution in [0.2, 0.25) is 0 Å². The Labute approximate surface area is 188 Å². The minimum absolute atomic E-state index is 0.0572. The monoisotopic (exact) mass is 459 g/mol. The molecular formula is C23H23F2N3O5. The third-order valence-corrected chi connectivity index (χ3v) is 4.88. The van der Waals surface area contributed by atoms with E-state index in [9.17, 15) is 23.2 Å². The number of hydrogen-bond acceptors (Lipinski definition) is 6. The molecule has 33 heavy (non-hydrogen) atoms. The number of carbonyl (C=O) groups is 2. The Morgan fingerprint density at radius 1 is 1.15 bits per heavy atom. The van der Waals surface area contributed by atoms with Crippen LogP contribution in [0.3, 0.4) is 0 Å². The first-order valence-electron chi connectivity index (χ1n) is 10.3. The Morgan fingerprint density at radius 2 is 1.88 bits per heavy atom. The third-order valence-electron chi connectivity index (χ3n) is 4.88. The summed E-state index contributed by atoms with van der Waals surface area (Å²) in [6, 6.07) is 10.8. The number of esters is 1. The minimum atomic E-state index is -2.88. The number of halogens is 2. The van der Waals surface area contributed by atoms with E-state index in [1.54, 1.807) is 29.7 Å². The summed E-state index contributed by atoms with van der Waals surface area (Å²) >= 11 is 0. The number of carbonyl (C=O) groups excluding carboxylic acids is 2. The predicted octanol–water partition coefficient (Wildman–Crippen LogP) is 2.84. The fourth-order valence-corrected chi connectivity index (χ4v) is 3.26. The molecule has 10 heteroatoms. The Hall–Kier alpha value is -3.82. The van der Waals surface area contributed by atoms with Gasteiger partial charge >= 0.3 is 12.6 Å². The molecule has 174 valence electrons. The van der Waals surface area contributed by atoms with Crippen LogP contribution < -0.4 is 15.6 Å². The highest BCUT2D eigenvalue weighted by molar-refractivity contribution is 5.94. The highest BCUT2D eigenvalue weighted by Crippen LogP contribution is 2.16. The molecule has 0 radical (unpaired) electrons. The number of ether oxygens (including phenoxy) is 2. The van der Waals surface area contributed by atoms with Crippen molar-refractivity contribution in [3.8, 4) is 5.75 Å². The molecule has 0 saturated carbocycles. The standard InChI is InChI=1S/C23H23F2N3O5/c1-3-28-19-9-6-16(12-18(19)27-14(2)21(28)30)22(31)32-13-20(29)26-11-10-15-4-7-17(8-5-15)33-23(24)25/h4-9,12,23H,3,10-11,13H2,1-2H3,(H,26,29). The molecule has 0 atom stereocenters. The molecule has 0 spiro atoms. The van der Waals surface area contributed by atoms with Crippen LogP contribution in [0, 0.1) is 6.92 Å². The van der Waals surface area contributed by atoms with Gasteiger partial charge in [0.25, 0.3) is 11.5 Å². The van der Waals surface area contributed by atoms with Crippen molar-refractivity contribution in [1.29, 1.82) is 0 Å². The second kappa shape index (κ2) is 10.7. The molecule has 0 aliphatic rings. The van der Waals surface area contributed by atoms with Gasteiger partial charge in [0.2, 0.25) is 0 Å². The quantitative estimate of drug-likeness (QED) is 0.494. The summed E-state index contributed by atoms with van der Waals surface area (Å²) in [5.74, 6) is -1.10. The lowest BCUT2D eigenvalue weighted by atomic mass is 10.1. The Morgan fingerprint density at radius 3 is 2.55 bits per heavy atom. The number of nitrogens with zero attached hydrogens (tertiary/aromatic N) is 2. The minimum Gasteiger partial charge on any atom is -0.452 e. The first kappa shape index (κ1) is 23.8. The van der Waals surface area contributed by atoms with E-state index in [1.807, 2.05) is 6.92 Å². The zero-order valence-corrected chi connectivity index (χ0v) is 18.1. The van der Waals surface area contributed by atoms with Crippen LogP contribution in [0.15, 0.2) is 47.3 Å². The van der Waals surface area contributed by atoms with Crippen molar-refractivity contribution < 1.29 is 27.8 Å². The number of aryl methyl sites for hydroxylation is 2. The largest absolute Gasteiger partial charge is 0.452 e. The van der Waals surface area contributed by atoms with Gasteiger partial charge in [-0.2, -0.15) is 8.78 Å². The van der Waals surface area contributed by atoms with Crippen LogP contribution in [0.5, 0.6) is 5.75 Å². The van der Waals surface area contributed by atoms with E-state index in [-0.39, 0.29) is 23.4 Å². The van der Waals surface area contributed by atoms with Crippen molar-refractivity contribution in [3.63, 3.8) is 0 Å². The first-order chi connectivity index (χ1) is 15.8. The second-order valence-corrected chi connectivity index (χ2v) is 7.15. The summed E-state index contributed by atoms with van der Waals surface area (Å²) in [5.41, 5.74) is 2.27. The number of fused-ring (bicyclic) bond motifs is 1. The SMILES string of the molecule is CCn1c(=O)c(C)nc2cc(C(=O)OCC(=O)NCCc3ccc(OC(F)F)cc3)ccc21. The number of nitrogens with one attached hydrogen (secondary N) is 1. The van der Waals surface area contributed by atoms with Crippen molar-refractivity contribution in [2.75, 3.05) is 13.2 Å². The van der Waals surface area contributed by atoms with Gasteiger partial charge in [0, 0.05) is 13.1 Å². The van der Waals surface area contributed by atoms with Crippen LogP contribution in [0.25, 0.3) is 11.0 Å². The van der Waals surface area contributed by atoms with Crippen molar-refractivity contribution in [3.05, 3.63) is 69.6 Å². The smallest absolute Gasteiger partial charge is 0.387 e. The van der Waals surface area contributed by atoms with E-state index in [0.717, 1.165) is 5.56 Å². The second-order valence-electron chi connectivity index (χ2n) is 7.15. The summed E-state index contributed by atoms with van der Waals surface area (Å²) in [6.45, 7) is 0.854. The van der Waals surface area contributed by atoms with Gasteiger partial charge in [0.15, 0.2) is 6.61 Å². The fraction of sp³-hybridized carbons (Fsp3) is 0.304. The number of alkyl halides is 2. The lowest BCUT2D eigenvalue weighted by molar-refractivity contribution is -0.124. The van der Waals surface area contributed by atoms with Crippen LogP contribution in [-0.4, -0.2) is 41.2 Å². The summed E-state index contributed by atoms with van der Waals surface area (Å²) in [4.78, 5) is 40.7. The van der Waals surface area contributed by atoms with Gasteiger partial charge in [0.05, 0.1) is 16.6 Å². The maximum atomic E-state index is 12.3. The maximum absolute atomic E-state index is 12.3. The van der Waals surface area contributed by atoms with Gasteiger partial charge in [-0.3, -0.25) is 9.59 Å². The van der Waals surface area contributed by atoms with Gasteiger partial charge < -0.3 is 19.4 Å². The van der Waals surface area contributed by atoms with Crippen LogP contribution in [0.4, 0.5) is 8.78 Å². The number of rotatable bonds is 9. The van der Waals surface area contributed by atoms with E-state index in [2.05, 4.69) is 15.0 Å². The van der Waals surface area contributed by atoms with Gasteiger partial charge in [0.1, 0.15) is 11.4 Å². The normalized spacial score (nSPS) is 10.9. The lowest BCUT2D eigenvalue weighted by Gasteiger charge is -2.10. The molecule has 3 aromatic rings. The summed E-state index contributed by atoms with van der Waals surface area (Å²) in [5, 5.41) is 2.63. The van der Waals surface area contributed by atoms with Gasteiger partial charge in [-0.25, -0.2) is 9.78 Å². The average Bonchev–Trinajstić information content (AvgIpc) is 2.79. The van der Waals surface area contributed by atoms with Crippen LogP contribution >= 0.6 is 0 Å². The molecule has 0 aliphatic carbocycles. The molecule has 0 fully saturated rings. The van der Waals surface area contributed by atoms with Gasteiger partial charge in [-0.15, -0.1) is 0 Å². The molecule has 1 N–H and O–H groups in total. The third kappa shape index (κ3) is 6.12. The topological polar surface area (TPSA) is 99.5 Å². The summed E-state index contributed by atoms with van der Waals surface area (Å²) in [7, 11) is 0. The highest BCUT2D eigenvalue weighted by Gasteiger charge is 2.14. The average molecular weight is 459 g/mol. The molecule has 8 nitrogen and oxygen atoms in total. The van der Waals surface area contributed by atoms with Crippen molar-refractivity contribution in [1.82, 2.24) is 14.9 Å². The molecule has 1 heterocycles. The number of aromatic nitrogens is 2. The molecule has 0 aliphatic heterocycles. The number of hydrogen-bond donors (Lipinski definition) is 1. The first-order valence-corrected chi connectivity index (χ1v) is 10.3. The number of amides is 1. The summed E-state index contributed by atoms with van der Waals surface area (Å²) < 4.78 is 35.2.